The van der Waals surface area contributed by atoms with Gasteiger partial charge >= 0.3 is 18.2 Å². The van der Waals surface area contributed by atoms with Gasteiger partial charge < -0.3 is 20.3 Å². The van der Waals surface area contributed by atoms with Gasteiger partial charge in [-0.3, -0.25) is 9.59 Å². The third kappa shape index (κ3) is 6.69. The Hall–Kier alpha value is -2.78. The molecule has 0 unspecified atom stereocenters. The molecule has 0 aromatic heterocycles. The fourth-order valence-corrected chi connectivity index (χ4v) is 1.90. The van der Waals surface area contributed by atoms with Gasteiger partial charge in [0, 0.05) is 18.8 Å². The van der Waals surface area contributed by atoms with Crippen molar-refractivity contribution in [1.82, 2.24) is 10.2 Å². The predicted octanol–water partition coefficient (Wildman–Crippen LogP) is 1.89. The standard InChI is InChI=1S/C15H18F3N3O4/c1-3-21(13(23)15(16,17)18)9-10-5-4-6-11(7-10)20-12(22)8-19-14(24)25-2/h4-7H,3,8-9H2,1-2H3,(H,19,24)(H,20,22). The molecule has 25 heavy (non-hydrogen) atoms. The van der Waals surface area contributed by atoms with Gasteiger partial charge in [0.15, 0.2) is 0 Å². The van der Waals surface area contributed by atoms with Crippen LogP contribution in [-0.4, -0.2) is 49.2 Å². The maximum absolute atomic E-state index is 12.5. The first kappa shape index (κ1) is 20.3. The van der Waals surface area contributed by atoms with E-state index in [4.69, 9.17) is 0 Å². The van der Waals surface area contributed by atoms with Crippen molar-refractivity contribution in [2.45, 2.75) is 19.6 Å². The monoisotopic (exact) mass is 361 g/mol. The molecule has 0 radical (unpaired) electrons. The van der Waals surface area contributed by atoms with E-state index in [9.17, 15) is 27.6 Å². The van der Waals surface area contributed by atoms with E-state index in [0.717, 1.165) is 7.11 Å². The van der Waals surface area contributed by atoms with Gasteiger partial charge in [-0.2, -0.15) is 13.2 Å². The highest BCUT2D eigenvalue weighted by Crippen LogP contribution is 2.20. The van der Waals surface area contributed by atoms with Crippen LogP contribution in [-0.2, 0) is 20.9 Å². The fraction of sp³-hybridized carbons (Fsp3) is 0.400. The number of hydrogen-bond acceptors (Lipinski definition) is 4. The van der Waals surface area contributed by atoms with E-state index in [1.165, 1.54) is 31.2 Å². The van der Waals surface area contributed by atoms with E-state index < -0.39 is 24.1 Å². The molecule has 0 bridgehead atoms. The average Bonchev–Trinajstić information content (AvgIpc) is 2.56. The summed E-state index contributed by atoms with van der Waals surface area (Å²) in [6.07, 6.45) is -5.71. The number of nitrogens with one attached hydrogen (secondary N) is 2. The number of halogens is 3. The first-order chi connectivity index (χ1) is 11.7. The zero-order valence-corrected chi connectivity index (χ0v) is 13.6. The van der Waals surface area contributed by atoms with Gasteiger partial charge in [0.1, 0.15) is 6.54 Å². The predicted molar refractivity (Wildman–Crippen MR) is 82.6 cm³/mol. The van der Waals surface area contributed by atoms with Gasteiger partial charge in [-0.05, 0) is 24.6 Å². The molecule has 7 nitrogen and oxygen atoms in total. The molecule has 10 heteroatoms. The largest absolute Gasteiger partial charge is 0.471 e. The zero-order valence-electron chi connectivity index (χ0n) is 13.6. The summed E-state index contributed by atoms with van der Waals surface area (Å²) in [4.78, 5) is 34.5. The van der Waals surface area contributed by atoms with Gasteiger partial charge in [-0.15, -0.1) is 0 Å². The minimum atomic E-state index is -4.94. The number of alkyl halides is 3. The fourth-order valence-electron chi connectivity index (χ4n) is 1.90. The molecule has 1 aromatic rings. The molecule has 0 heterocycles. The van der Waals surface area contributed by atoms with Crippen LogP contribution in [0.4, 0.5) is 23.7 Å². The lowest BCUT2D eigenvalue weighted by Gasteiger charge is -2.22. The summed E-state index contributed by atoms with van der Waals surface area (Å²) in [5.74, 6) is -2.46. The number of ether oxygens (including phenoxy) is 1. The van der Waals surface area contributed by atoms with E-state index in [0.29, 0.717) is 16.2 Å². The molecule has 2 N–H and O–H groups in total. The lowest BCUT2D eigenvalue weighted by molar-refractivity contribution is -0.185. The second kappa shape index (κ2) is 8.90. The van der Waals surface area contributed by atoms with E-state index >= 15 is 0 Å². The molecule has 0 spiro atoms. The van der Waals surface area contributed by atoms with Crippen LogP contribution in [0.1, 0.15) is 12.5 Å². The number of amides is 3. The number of anilines is 1. The van der Waals surface area contributed by atoms with Crippen LogP contribution in [0.25, 0.3) is 0 Å². The Morgan fingerprint density at radius 2 is 1.92 bits per heavy atom. The molecule has 0 fully saturated rings. The SMILES string of the molecule is CCN(Cc1cccc(NC(=O)CNC(=O)OC)c1)C(=O)C(F)(F)F. The number of benzene rings is 1. The maximum atomic E-state index is 12.5. The van der Waals surface area contributed by atoms with Crippen LogP contribution < -0.4 is 10.6 Å². The van der Waals surface area contributed by atoms with Crippen molar-refractivity contribution in [3.8, 4) is 0 Å². The van der Waals surface area contributed by atoms with Crippen molar-refractivity contribution in [2.24, 2.45) is 0 Å². The van der Waals surface area contributed by atoms with Gasteiger partial charge in [-0.25, -0.2) is 4.79 Å². The third-order valence-corrected chi connectivity index (χ3v) is 3.07. The number of nitrogens with zero attached hydrogens (tertiary/aromatic N) is 1. The zero-order chi connectivity index (χ0) is 19.0. The molecular weight excluding hydrogens is 343 g/mol. The Kier molecular flexibility index (Phi) is 7.22. The maximum Gasteiger partial charge on any atom is 0.471 e. The summed E-state index contributed by atoms with van der Waals surface area (Å²) in [6.45, 7) is 0.745. The van der Waals surface area contributed by atoms with Gasteiger partial charge in [-0.1, -0.05) is 12.1 Å². The van der Waals surface area contributed by atoms with Gasteiger partial charge in [0.2, 0.25) is 5.91 Å². The highest BCUT2D eigenvalue weighted by Gasteiger charge is 2.41. The van der Waals surface area contributed by atoms with Crippen LogP contribution >= 0.6 is 0 Å². The first-order valence-corrected chi connectivity index (χ1v) is 7.24. The van der Waals surface area contributed by atoms with Crippen molar-refractivity contribution >= 4 is 23.6 Å². The van der Waals surface area contributed by atoms with Crippen molar-refractivity contribution in [3.05, 3.63) is 29.8 Å². The minimum Gasteiger partial charge on any atom is -0.453 e. The van der Waals surface area contributed by atoms with E-state index in [-0.39, 0.29) is 19.6 Å². The Balaban J connectivity index is 2.72. The molecule has 0 saturated carbocycles. The lowest BCUT2D eigenvalue weighted by Crippen LogP contribution is -2.40. The Bertz CT molecular complexity index is 635. The summed E-state index contributed by atoms with van der Waals surface area (Å²) in [6, 6.07) is 6.04. The summed E-state index contributed by atoms with van der Waals surface area (Å²) < 4.78 is 41.9. The van der Waals surface area contributed by atoms with Crippen LogP contribution in [0.2, 0.25) is 0 Å². The Labute approximate surface area is 142 Å². The van der Waals surface area contributed by atoms with Crippen LogP contribution in [0.5, 0.6) is 0 Å². The molecule has 0 aliphatic carbocycles. The molecule has 1 aromatic carbocycles. The van der Waals surface area contributed by atoms with Gasteiger partial charge in [0.05, 0.1) is 7.11 Å². The minimum absolute atomic E-state index is 0.113. The summed E-state index contributed by atoms with van der Waals surface area (Å²) in [7, 11) is 1.15. The van der Waals surface area contributed by atoms with E-state index in [1.54, 1.807) is 0 Å². The number of rotatable bonds is 6. The molecular formula is C15H18F3N3O4. The topological polar surface area (TPSA) is 87.7 Å². The summed E-state index contributed by atoms with van der Waals surface area (Å²) >= 11 is 0. The number of carbonyl (C=O) groups is 3. The number of methoxy groups -OCH3 is 1. The molecule has 138 valence electrons. The normalized spacial score (nSPS) is 10.8. The lowest BCUT2D eigenvalue weighted by atomic mass is 10.2. The second-order valence-electron chi connectivity index (χ2n) is 4.91. The van der Waals surface area contributed by atoms with Crippen molar-refractivity contribution in [2.75, 3.05) is 25.5 Å². The summed E-state index contributed by atoms with van der Waals surface area (Å²) in [5, 5.41) is 4.67. The molecule has 0 aliphatic rings. The van der Waals surface area contributed by atoms with Crippen LogP contribution in [0.15, 0.2) is 24.3 Å². The number of hydrogen-bond donors (Lipinski definition) is 2. The Morgan fingerprint density at radius 1 is 1.24 bits per heavy atom. The third-order valence-electron chi connectivity index (χ3n) is 3.07. The molecule has 3 amide bonds. The van der Waals surface area contributed by atoms with Crippen molar-refractivity contribution < 1.29 is 32.3 Å². The van der Waals surface area contributed by atoms with E-state index in [1.807, 2.05) is 0 Å². The molecule has 0 aliphatic heterocycles. The Morgan fingerprint density at radius 3 is 2.48 bits per heavy atom. The highest BCUT2D eigenvalue weighted by atomic mass is 19.4. The number of carbonyl (C=O) groups excluding carboxylic acids is 3. The van der Waals surface area contributed by atoms with E-state index in [2.05, 4.69) is 15.4 Å². The first-order valence-electron chi connectivity index (χ1n) is 7.24. The van der Waals surface area contributed by atoms with Crippen LogP contribution in [0, 0.1) is 0 Å². The number of alkyl carbamates (subject to hydrolysis) is 1. The highest BCUT2D eigenvalue weighted by molar-refractivity contribution is 5.93. The molecule has 1 rings (SSSR count). The molecule has 0 atom stereocenters. The van der Waals surface area contributed by atoms with Crippen LogP contribution in [0.3, 0.4) is 0 Å². The van der Waals surface area contributed by atoms with Crippen molar-refractivity contribution in [1.29, 1.82) is 0 Å². The van der Waals surface area contributed by atoms with Gasteiger partial charge in [0.25, 0.3) is 0 Å². The average molecular weight is 361 g/mol. The molecule has 0 saturated heterocycles. The van der Waals surface area contributed by atoms with Crippen molar-refractivity contribution in [3.63, 3.8) is 0 Å². The quantitative estimate of drug-likeness (QED) is 0.810. The summed E-state index contributed by atoms with van der Waals surface area (Å²) in [5.41, 5.74) is 0.739. The second-order valence-corrected chi connectivity index (χ2v) is 4.91. The smallest absolute Gasteiger partial charge is 0.453 e.